The molecule has 1 fully saturated rings. The highest BCUT2D eigenvalue weighted by molar-refractivity contribution is 9.10. The molecule has 1 aliphatic heterocycles. The number of amides is 2. The van der Waals surface area contributed by atoms with Crippen LogP contribution in [-0.2, 0) is 7.05 Å². The first-order valence-electron chi connectivity index (χ1n) is 9.21. The van der Waals surface area contributed by atoms with Gasteiger partial charge in [-0.1, -0.05) is 0 Å². The van der Waals surface area contributed by atoms with Crippen LogP contribution in [0.25, 0.3) is 0 Å². The lowest BCUT2D eigenvalue weighted by atomic mass is 10.2. The molecule has 28 heavy (non-hydrogen) atoms. The number of ether oxygens (including phenoxy) is 1. The summed E-state index contributed by atoms with van der Waals surface area (Å²) in [4.78, 5) is 16.3. The van der Waals surface area contributed by atoms with Gasteiger partial charge in [-0.2, -0.15) is 5.10 Å². The highest BCUT2D eigenvalue weighted by Gasteiger charge is 2.19. The molecule has 1 saturated heterocycles. The Morgan fingerprint density at radius 2 is 2.00 bits per heavy atom. The van der Waals surface area contributed by atoms with Gasteiger partial charge in [0.1, 0.15) is 12.4 Å². The Balaban J connectivity index is 0.000000336. The summed E-state index contributed by atoms with van der Waals surface area (Å²) in [5.74, 6) is 0.804. The van der Waals surface area contributed by atoms with E-state index in [1.54, 1.807) is 10.9 Å². The van der Waals surface area contributed by atoms with Gasteiger partial charge in [-0.05, 0) is 53.7 Å². The van der Waals surface area contributed by atoms with Crippen molar-refractivity contribution in [1.82, 2.24) is 19.6 Å². The summed E-state index contributed by atoms with van der Waals surface area (Å²) in [5.41, 5.74) is 7.20. The average molecular weight is 453 g/mol. The molecule has 0 bridgehead atoms. The predicted octanol–water partition coefficient (Wildman–Crippen LogP) is 2.29. The summed E-state index contributed by atoms with van der Waals surface area (Å²) in [7, 11) is 3.95. The molecular weight excluding hydrogens is 424 g/mol. The molecule has 1 aliphatic rings. The first-order chi connectivity index (χ1) is 13.4. The minimum atomic E-state index is -0.0434. The number of hydrogen-bond acceptors (Lipinski definition) is 5. The molecular formula is C19H29BrN6O2. The summed E-state index contributed by atoms with van der Waals surface area (Å²) in [6.45, 7) is 6.29. The molecule has 9 heteroatoms. The second-order valence-electron chi connectivity index (χ2n) is 6.67. The lowest BCUT2D eigenvalue weighted by Crippen LogP contribution is -2.48. The smallest absolute Gasteiger partial charge is 0.321 e. The van der Waals surface area contributed by atoms with Crippen molar-refractivity contribution in [3.63, 3.8) is 0 Å². The van der Waals surface area contributed by atoms with Crippen LogP contribution in [0.4, 0.5) is 10.5 Å². The molecule has 0 radical (unpaired) electrons. The van der Waals surface area contributed by atoms with Crippen LogP contribution in [0.5, 0.6) is 5.75 Å². The number of nitrogens with two attached hydrogens (primary N) is 1. The van der Waals surface area contributed by atoms with Crippen molar-refractivity contribution < 1.29 is 9.53 Å². The maximum absolute atomic E-state index is 12.2. The normalized spacial score (nSPS) is 14.2. The maximum atomic E-state index is 12.2. The first kappa shape index (κ1) is 22.2. The number of benzene rings is 1. The van der Waals surface area contributed by atoms with Crippen molar-refractivity contribution in [1.29, 1.82) is 0 Å². The van der Waals surface area contributed by atoms with Crippen molar-refractivity contribution in [2.45, 2.75) is 6.92 Å². The summed E-state index contributed by atoms with van der Waals surface area (Å²) in [6, 6.07) is 5.59. The molecule has 0 spiro atoms. The number of carbonyl (C=O) groups is 1. The van der Waals surface area contributed by atoms with E-state index in [9.17, 15) is 4.79 Å². The average Bonchev–Trinajstić information content (AvgIpc) is 3.05. The van der Waals surface area contributed by atoms with Gasteiger partial charge in [0.2, 0.25) is 0 Å². The number of carbonyl (C=O) groups excluding carboxylic acids is 1. The van der Waals surface area contributed by atoms with Gasteiger partial charge in [0.05, 0.1) is 10.7 Å². The minimum Gasteiger partial charge on any atom is -0.492 e. The van der Waals surface area contributed by atoms with Crippen LogP contribution >= 0.6 is 15.9 Å². The second-order valence-corrected chi connectivity index (χ2v) is 7.59. The molecule has 0 saturated carbocycles. The Morgan fingerprint density at radius 3 is 2.50 bits per heavy atom. The molecule has 1 aromatic heterocycles. The SMILES string of the molecule is Cc1cc(NC(=O)N2CCN(C)CC2)ccc1OCCN.Cn1cc(Br)cn1. The number of hydrogen-bond donors (Lipinski definition) is 2. The molecule has 2 heterocycles. The van der Waals surface area contributed by atoms with E-state index >= 15 is 0 Å². The van der Waals surface area contributed by atoms with E-state index in [4.69, 9.17) is 10.5 Å². The second kappa shape index (κ2) is 11.0. The fourth-order valence-electron chi connectivity index (χ4n) is 2.66. The first-order valence-corrected chi connectivity index (χ1v) is 10.0. The highest BCUT2D eigenvalue weighted by Crippen LogP contribution is 2.22. The van der Waals surface area contributed by atoms with E-state index in [-0.39, 0.29) is 6.03 Å². The largest absolute Gasteiger partial charge is 0.492 e. The molecule has 2 amide bonds. The Kier molecular flexibility index (Phi) is 8.75. The number of anilines is 1. The van der Waals surface area contributed by atoms with Gasteiger partial charge in [0, 0.05) is 51.7 Å². The molecule has 0 unspecified atom stereocenters. The molecule has 0 atom stereocenters. The number of halogens is 1. The molecule has 8 nitrogen and oxygen atoms in total. The molecule has 3 rings (SSSR count). The van der Waals surface area contributed by atoms with E-state index in [1.807, 2.05) is 43.3 Å². The molecule has 0 aliphatic carbocycles. The summed E-state index contributed by atoms with van der Waals surface area (Å²) < 4.78 is 8.28. The van der Waals surface area contributed by atoms with E-state index in [2.05, 4.69) is 38.3 Å². The third-order valence-electron chi connectivity index (χ3n) is 4.27. The Morgan fingerprint density at radius 1 is 1.29 bits per heavy atom. The van der Waals surface area contributed by atoms with Crippen LogP contribution in [0, 0.1) is 6.92 Å². The Labute approximate surface area is 174 Å². The number of rotatable bonds is 4. The molecule has 1 aromatic carbocycles. The Hall–Kier alpha value is -2.10. The zero-order valence-corrected chi connectivity index (χ0v) is 18.3. The third kappa shape index (κ3) is 7.14. The van der Waals surface area contributed by atoms with Crippen LogP contribution in [0.1, 0.15) is 5.56 Å². The standard InChI is InChI=1S/C15H24N4O2.C4H5BrN2/c1-12-11-13(3-4-14(12)21-10-5-16)17-15(20)19-8-6-18(2)7-9-19;1-7-3-4(5)2-6-7/h3-4,11H,5-10,16H2,1-2H3,(H,17,20);2-3H,1H3. The van der Waals surface area contributed by atoms with E-state index in [0.29, 0.717) is 13.2 Å². The number of nitrogens with zero attached hydrogens (tertiary/aromatic N) is 4. The zero-order chi connectivity index (χ0) is 20.5. The predicted molar refractivity (Wildman–Crippen MR) is 115 cm³/mol. The highest BCUT2D eigenvalue weighted by atomic mass is 79.9. The topological polar surface area (TPSA) is 88.6 Å². The summed E-state index contributed by atoms with van der Waals surface area (Å²) in [5, 5.41) is 6.82. The zero-order valence-electron chi connectivity index (χ0n) is 16.7. The number of piperazine rings is 1. The monoisotopic (exact) mass is 452 g/mol. The van der Waals surface area contributed by atoms with E-state index in [0.717, 1.165) is 47.7 Å². The lowest BCUT2D eigenvalue weighted by molar-refractivity contribution is 0.164. The lowest BCUT2D eigenvalue weighted by Gasteiger charge is -2.32. The van der Waals surface area contributed by atoms with E-state index < -0.39 is 0 Å². The van der Waals surface area contributed by atoms with Crippen LogP contribution in [-0.4, -0.2) is 72.0 Å². The van der Waals surface area contributed by atoms with Crippen molar-refractivity contribution in [3.05, 3.63) is 40.6 Å². The van der Waals surface area contributed by atoms with Gasteiger partial charge < -0.3 is 25.6 Å². The Bertz CT molecular complexity index is 742. The number of nitrogens with one attached hydrogen (secondary N) is 1. The van der Waals surface area contributed by atoms with Gasteiger partial charge in [-0.25, -0.2) is 4.79 Å². The maximum Gasteiger partial charge on any atom is 0.321 e. The minimum absolute atomic E-state index is 0.0434. The van der Waals surface area contributed by atoms with Gasteiger partial charge in [0.25, 0.3) is 0 Å². The van der Waals surface area contributed by atoms with Gasteiger partial charge in [0.15, 0.2) is 0 Å². The molecule has 154 valence electrons. The molecule has 3 N–H and O–H groups in total. The number of aryl methyl sites for hydroxylation is 2. The van der Waals surface area contributed by atoms with Gasteiger partial charge >= 0.3 is 6.03 Å². The van der Waals surface area contributed by atoms with Gasteiger partial charge in [-0.3, -0.25) is 4.68 Å². The van der Waals surface area contributed by atoms with Crippen molar-refractivity contribution in [2.24, 2.45) is 12.8 Å². The van der Waals surface area contributed by atoms with Crippen LogP contribution < -0.4 is 15.8 Å². The van der Waals surface area contributed by atoms with Gasteiger partial charge in [-0.15, -0.1) is 0 Å². The van der Waals surface area contributed by atoms with Crippen molar-refractivity contribution >= 4 is 27.6 Å². The van der Waals surface area contributed by atoms with Crippen molar-refractivity contribution in [3.8, 4) is 5.75 Å². The summed E-state index contributed by atoms with van der Waals surface area (Å²) >= 11 is 3.25. The van der Waals surface area contributed by atoms with Crippen LogP contribution in [0.2, 0.25) is 0 Å². The quantitative estimate of drug-likeness (QED) is 0.742. The fourth-order valence-corrected chi connectivity index (χ4v) is 3.05. The molecule has 2 aromatic rings. The van der Waals surface area contributed by atoms with E-state index in [1.165, 1.54) is 0 Å². The summed E-state index contributed by atoms with van der Waals surface area (Å²) in [6.07, 6.45) is 3.64. The number of likely N-dealkylation sites (N-methyl/N-ethyl adjacent to an activating group) is 1. The fraction of sp³-hybridized carbons (Fsp3) is 0.474. The number of aromatic nitrogens is 2. The van der Waals surface area contributed by atoms with Crippen molar-refractivity contribution in [2.75, 3.05) is 51.7 Å². The van der Waals surface area contributed by atoms with Crippen LogP contribution in [0.15, 0.2) is 35.1 Å². The number of urea groups is 1. The van der Waals surface area contributed by atoms with Crippen LogP contribution in [0.3, 0.4) is 0 Å². The third-order valence-corrected chi connectivity index (χ3v) is 4.67.